The van der Waals surface area contributed by atoms with Gasteiger partial charge in [-0.15, -0.1) is 0 Å². The first-order chi connectivity index (χ1) is 15.4. The Balaban J connectivity index is 0.00000512. The highest BCUT2D eigenvalue weighted by Crippen LogP contribution is 2.16. The summed E-state index contributed by atoms with van der Waals surface area (Å²) < 4.78 is 10.5. The predicted molar refractivity (Wildman–Crippen MR) is 132 cm³/mol. The SMILES string of the molecule is CCCCCCCCCCCCCCCCOC[n+]1ccn(CC)c1-c1ccccc1.[Cl-]. The summed E-state index contributed by atoms with van der Waals surface area (Å²) in [7, 11) is 0. The summed E-state index contributed by atoms with van der Waals surface area (Å²) in [5.74, 6) is 1.23. The minimum Gasteiger partial charge on any atom is -1.00 e. The molecule has 0 atom stereocenters. The second kappa shape index (κ2) is 19.2. The molecule has 0 fully saturated rings. The van der Waals surface area contributed by atoms with Gasteiger partial charge in [-0.05, 0) is 25.5 Å². The zero-order valence-electron chi connectivity index (χ0n) is 20.7. The first-order valence-electron chi connectivity index (χ1n) is 13.1. The Bertz CT molecular complexity index is 671. The van der Waals surface area contributed by atoms with Gasteiger partial charge in [0, 0.05) is 0 Å². The van der Waals surface area contributed by atoms with Crippen LogP contribution in [0.25, 0.3) is 11.4 Å². The van der Waals surface area contributed by atoms with E-state index in [1.807, 2.05) is 0 Å². The van der Waals surface area contributed by atoms with Crippen LogP contribution in [0.5, 0.6) is 0 Å². The molecule has 0 saturated carbocycles. The van der Waals surface area contributed by atoms with Crippen molar-refractivity contribution in [2.75, 3.05) is 6.61 Å². The number of hydrogen-bond acceptors (Lipinski definition) is 1. The van der Waals surface area contributed by atoms with E-state index in [-0.39, 0.29) is 12.4 Å². The second-order valence-corrected chi connectivity index (χ2v) is 8.88. The van der Waals surface area contributed by atoms with E-state index >= 15 is 0 Å². The van der Waals surface area contributed by atoms with Gasteiger partial charge in [0.2, 0.25) is 0 Å². The Labute approximate surface area is 204 Å². The summed E-state index contributed by atoms with van der Waals surface area (Å²) in [6.45, 7) is 6.94. The first kappa shape index (κ1) is 28.7. The van der Waals surface area contributed by atoms with Crippen LogP contribution in [0.1, 0.15) is 104 Å². The molecular weight excluding hydrogens is 416 g/mol. The fourth-order valence-corrected chi connectivity index (χ4v) is 4.31. The van der Waals surface area contributed by atoms with Gasteiger partial charge in [-0.2, -0.15) is 0 Å². The molecular formula is C28H47ClN2O. The maximum Gasteiger partial charge on any atom is 0.290 e. The third-order valence-corrected chi connectivity index (χ3v) is 6.22. The largest absolute Gasteiger partial charge is 1.00 e. The number of unbranched alkanes of at least 4 members (excludes halogenated alkanes) is 13. The van der Waals surface area contributed by atoms with Crippen molar-refractivity contribution in [3.63, 3.8) is 0 Å². The predicted octanol–water partition coefficient (Wildman–Crippen LogP) is 4.92. The van der Waals surface area contributed by atoms with E-state index in [1.54, 1.807) is 0 Å². The molecule has 182 valence electrons. The molecule has 2 aromatic rings. The van der Waals surface area contributed by atoms with Gasteiger partial charge >= 0.3 is 0 Å². The Morgan fingerprint density at radius 3 is 1.78 bits per heavy atom. The highest BCUT2D eigenvalue weighted by atomic mass is 35.5. The first-order valence-corrected chi connectivity index (χ1v) is 13.1. The van der Waals surface area contributed by atoms with Crippen LogP contribution < -0.4 is 17.0 Å². The van der Waals surface area contributed by atoms with Crippen LogP contribution in [-0.4, -0.2) is 11.2 Å². The summed E-state index contributed by atoms with van der Waals surface area (Å²) in [5.41, 5.74) is 1.24. The van der Waals surface area contributed by atoms with E-state index in [0.717, 1.165) is 13.2 Å². The van der Waals surface area contributed by atoms with E-state index < -0.39 is 0 Å². The molecule has 32 heavy (non-hydrogen) atoms. The van der Waals surface area contributed by atoms with Gasteiger partial charge in [-0.3, -0.25) is 0 Å². The molecule has 1 aromatic heterocycles. The van der Waals surface area contributed by atoms with Crippen molar-refractivity contribution >= 4 is 0 Å². The van der Waals surface area contributed by atoms with Crippen molar-refractivity contribution in [2.45, 2.75) is 117 Å². The van der Waals surface area contributed by atoms with Gasteiger partial charge in [0.25, 0.3) is 5.82 Å². The average Bonchev–Trinajstić information content (AvgIpc) is 3.22. The molecule has 0 bridgehead atoms. The minimum atomic E-state index is 0. The third kappa shape index (κ3) is 11.5. The Hall–Kier alpha value is -1.32. The number of nitrogens with zero attached hydrogens (tertiary/aromatic N) is 2. The number of rotatable bonds is 19. The van der Waals surface area contributed by atoms with Crippen LogP contribution in [0.3, 0.4) is 0 Å². The maximum absolute atomic E-state index is 6.00. The van der Waals surface area contributed by atoms with Gasteiger partial charge in [-0.25, -0.2) is 9.13 Å². The van der Waals surface area contributed by atoms with Crippen LogP contribution in [0.4, 0.5) is 0 Å². The van der Waals surface area contributed by atoms with Crippen molar-refractivity contribution in [3.05, 3.63) is 42.7 Å². The lowest BCUT2D eigenvalue weighted by Gasteiger charge is -2.06. The number of hydrogen-bond donors (Lipinski definition) is 0. The molecule has 1 aromatic carbocycles. The summed E-state index contributed by atoms with van der Waals surface area (Å²) >= 11 is 0. The molecule has 0 N–H and O–H groups in total. The average molecular weight is 463 g/mol. The topological polar surface area (TPSA) is 18.0 Å². The Morgan fingerprint density at radius 1 is 0.719 bits per heavy atom. The smallest absolute Gasteiger partial charge is 0.290 e. The van der Waals surface area contributed by atoms with E-state index in [1.165, 1.54) is 101 Å². The fraction of sp³-hybridized carbons (Fsp3) is 0.679. The summed E-state index contributed by atoms with van der Waals surface area (Å²) in [4.78, 5) is 0. The van der Waals surface area contributed by atoms with Gasteiger partial charge in [0.15, 0.2) is 6.73 Å². The van der Waals surface area contributed by atoms with E-state index in [2.05, 4.69) is 65.7 Å². The van der Waals surface area contributed by atoms with E-state index in [0.29, 0.717) is 6.73 Å². The van der Waals surface area contributed by atoms with Crippen LogP contribution in [0.2, 0.25) is 0 Å². The number of benzene rings is 1. The molecule has 0 aliphatic rings. The maximum atomic E-state index is 6.00. The highest BCUT2D eigenvalue weighted by Gasteiger charge is 2.17. The number of aromatic nitrogens is 2. The van der Waals surface area contributed by atoms with Gasteiger partial charge in [0.1, 0.15) is 12.4 Å². The van der Waals surface area contributed by atoms with Crippen LogP contribution in [0.15, 0.2) is 42.7 Å². The molecule has 0 radical (unpaired) electrons. The zero-order chi connectivity index (χ0) is 22.0. The van der Waals surface area contributed by atoms with Gasteiger partial charge in [-0.1, -0.05) is 109 Å². The van der Waals surface area contributed by atoms with Crippen molar-refractivity contribution < 1.29 is 21.7 Å². The van der Waals surface area contributed by atoms with Crippen LogP contribution >= 0.6 is 0 Å². The zero-order valence-corrected chi connectivity index (χ0v) is 21.5. The number of ether oxygens (including phenoxy) is 1. The van der Waals surface area contributed by atoms with Crippen molar-refractivity contribution in [3.8, 4) is 11.4 Å². The molecule has 0 spiro atoms. The molecule has 0 aliphatic carbocycles. The molecule has 0 unspecified atom stereocenters. The third-order valence-electron chi connectivity index (χ3n) is 6.22. The molecule has 0 amide bonds. The van der Waals surface area contributed by atoms with Crippen molar-refractivity contribution in [2.24, 2.45) is 0 Å². The lowest BCUT2D eigenvalue weighted by atomic mass is 10.0. The summed E-state index contributed by atoms with van der Waals surface area (Å²) in [5, 5.41) is 0. The Morgan fingerprint density at radius 2 is 1.25 bits per heavy atom. The monoisotopic (exact) mass is 462 g/mol. The minimum absolute atomic E-state index is 0. The molecule has 3 nitrogen and oxygen atoms in total. The summed E-state index contributed by atoms with van der Waals surface area (Å²) in [6.07, 6.45) is 23.8. The van der Waals surface area contributed by atoms with Gasteiger partial charge < -0.3 is 17.1 Å². The molecule has 2 rings (SSSR count). The molecule has 0 saturated heterocycles. The van der Waals surface area contributed by atoms with E-state index in [4.69, 9.17) is 4.74 Å². The second-order valence-electron chi connectivity index (χ2n) is 8.88. The van der Waals surface area contributed by atoms with Crippen LogP contribution in [0, 0.1) is 0 Å². The highest BCUT2D eigenvalue weighted by molar-refractivity contribution is 5.52. The van der Waals surface area contributed by atoms with Gasteiger partial charge in [0.05, 0.1) is 18.7 Å². The Kier molecular flexibility index (Phi) is 17.2. The lowest BCUT2D eigenvalue weighted by Crippen LogP contribution is -3.00. The quantitative estimate of drug-likeness (QED) is 0.214. The lowest BCUT2D eigenvalue weighted by molar-refractivity contribution is -0.722. The molecule has 4 heteroatoms. The van der Waals surface area contributed by atoms with E-state index in [9.17, 15) is 0 Å². The summed E-state index contributed by atoms with van der Waals surface area (Å²) in [6, 6.07) is 10.6. The van der Waals surface area contributed by atoms with Crippen molar-refractivity contribution in [1.29, 1.82) is 0 Å². The normalized spacial score (nSPS) is 10.9. The fourth-order valence-electron chi connectivity index (χ4n) is 4.31. The molecule has 0 aliphatic heterocycles. The number of halogens is 1. The molecule has 1 heterocycles. The van der Waals surface area contributed by atoms with Crippen LogP contribution in [-0.2, 0) is 18.0 Å². The van der Waals surface area contributed by atoms with Crippen molar-refractivity contribution in [1.82, 2.24) is 4.57 Å². The standard InChI is InChI=1S/C28H47N2O.ClH/c1-3-5-6-7-8-9-10-11-12-13-14-15-16-20-25-31-26-30-24-23-29(4-2)28(30)27-21-18-17-19-22-27;/h17-19,21-24H,3-16,20,25-26H2,1-2H3;1H/q+1;/p-1. The number of aryl methyl sites for hydroxylation is 1. The number of imidazole rings is 1.